The number of aryl methyl sites for hydroxylation is 3. The first-order valence-electron chi connectivity index (χ1n) is 16.5. The summed E-state index contributed by atoms with van der Waals surface area (Å²) in [6, 6.07) is 30.3. The molecule has 47 heavy (non-hydrogen) atoms. The molecule has 8 heteroatoms. The Morgan fingerprint density at radius 1 is 0.766 bits per heavy atom. The fraction of sp³-hybridized carbons (Fsp3) is 0.333. The second-order valence-corrected chi connectivity index (χ2v) is 14.5. The maximum Gasteiger partial charge on any atom is 0.264 e. The molecule has 1 N–H and O–H groups in total. The highest BCUT2D eigenvalue weighted by Crippen LogP contribution is 2.27. The van der Waals surface area contributed by atoms with Crippen molar-refractivity contribution in [2.24, 2.45) is 0 Å². The lowest BCUT2D eigenvalue weighted by Crippen LogP contribution is -2.55. The quantitative estimate of drug-likeness (QED) is 0.181. The highest BCUT2D eigenvalue weighted by Gasteiger charge is 2.35. The average Bonchev–Trinajstić information content (AvgIpc) is 3.07. The Kier molecular flexibility index (Phi) is 11.1. The largest absolute Gasteiger partial charge is 0.352 e. The molecule has 0 unspecified atom stereocenters. The minimum Gasteiger partial charge on any atom is -0.352 e. The van der Waals surface area contributed by atoms with Gasteiger partial charge in [0.05, 0.1) is 10.6 Å². The van der Waals surface area contributed by atoms with Gasteiger partial charge in [-0.05, 0) is 80.1 Å². The molecule has 0 aromatic heterocycles. The van der Waals surface area contributed by atoms with Crippen LogP contribution in [0.1, 0.15) is 59.9 Å². The number of nitrogens with zero attached hydrogens (tertiary/aromatic N) is 2. The lowest BCUT2D eigenvalue weighted by atomic mass is 9.94. The number of nitrogens with one attached hydrogen (secondary N) is 1. The van der Waals surface area contributed by atoms with Crippen molar-refractivity contribution in [1.29, 1.82) is 0 Å². The highest BCUT2D eigenvalue weighted by molar-refractivity contribution is 7.92. The summed E-state index contributed by atoms with van der Waals surface area (Å²) in [6.45, 7) is 5.56. The smallest absolute Gasteiger partial charge is 0.264 e. The minimum atomic E-state index is -4.13. The molecule has 0 bridgehead atoms. The second kappa shape index (κ2) is 15.4. The number of carbonyl (C=O) groups excluding carboxylic acids is 2. The molecule has 1 saturated carbocycles. The van der Waals surface area contributed by atoms with E-state index in [4.69, 9.17) is 0 Å². The van der Waals surface area contributed by atoms with Crippen LogP contribution in [-0.4, -0.2) is 43.8 Å². The normalized spacial score (nSPS) is 14.3. The van der Waals surface area contributed by atoms with E-state index < -0.39 is 28.5 Å². The fourth-order valence-electron chi connectivity index (χ4n) is 6.23. The zero-order chi connectivity index (χ0) is 33.4. The van der Waals surface area contributed by atoms with Crippen molar-refractivity contribution >= 4 is 27.5 Å². The second-order valence-electron chi connectivity index (χ2n) is 12.7. The average molecular weight is 652 g/mol. The highest BCUT2D eigenvalue weighted by atomic mass is 32.2. The van der Waals surface area contributed by atoms with Crippen LogP contribution in [0.4, 0.5) is 5.69 Å². The molecule has 2 amide bonds. The van der Waals surface area contributed by atoms with Gasteiger partial charge in [0.2, 0.25) is 11.8 Å². The van der Waals surface area contributed by atoms with E-state index in [-0.39, 0.29) is 23.4 Å². The topological polar surface area (TPSA) is 86.8 Å². The number of hydrogen-bond acceptors (Lipinski definition) is 4. The van der Waals surface area contributed by atoms with Crippen molar-refractivity contribution in [2.45, 2.75) is 82.8 Å². The van der Waals surface area contributed by atoms with E-state index >= 15 is 0 Å². The van der Waals surface area contributed by atoms with Crippen LogP contribution in [0.15, 0.2) is 108 Å². The van der Waals surface area contributed by atoms with Gasteiger partial charge in [0.1, 0.15) is 12.6 Å². The standard InChI is InChI=1S/C39H45N3O4S/c1-29-14-13-17-33(24-29)27-41(37(26-32-15-7-4-8-16-32)39(44)40-34-18-9-5-10-19-34)38(43)28-42(35-23-22-30(2)31(3)25-35)47(45,46)36-20-11-6-12-21-36/h4,6-8,11-17,20-25,34,37H,5,9-10,18-19,26-28H2,1-3H3,(H,40,44)/t37-/m1/s1. The summed E-state index contributed by atoms with van der Waals surface area (Å²) in [5.41, 5.74) is 5.14. The van der Waals surface area contributed by atoms with Gasteiger partial charge in [0, 0.05) is 19.0 Å². The Morgan fingerprint density at radius 2 is 1.43 bits per heavy atom. The van der Waals surface area contributed by atoms with Gasteiger partial charge in [-0.3, -0.25) is 13.9 Å². The van der Waals surface area contributed by atoms with Crippen molar-refractivity contribution in [3.63, 3.8) is 0 Å². The monoisotopic (exact) mass is 651 g/mol. The molecule has 0 aliphatic heterocycles. The molecule has 1 atom stereocenters. The van der Waals surface area contributed by atoms with Crippen LogP contribution in [0.2, 0.25) is 0 Å². The van der Waals surface area contributed by atoms with E-state index in [2.05, 4.69) is 5.32 Å². The van der Waals surface area contributed by atoms with Crippen molar-refractivity contribution in [2.75, 3.05) is 10.8 Å². The molecule has 1 aliphatic carbocycles. The number of amides is 2. The first-order chi connectivity index (χ1) is 22.6. The van der Waals surface area contributed by atoms with E-state index in [1.807, 2.05) is 81.4 Å². The minimum absolute atomic E-state index is 0.0518. The molecule has 0 heterocycles. The molecule has 1 aliphatic rings. The number of sulfonamides is 1. The molecule has 4 aromatic rings. The Hall–Kier alpha value is -4.43. The summed E-state index contributed by atoms with van der Waals surface area (Å²) in [4.78, 5) is 30.6. The Labute approximate surface area is 279 Å². The first-order valence-corrected chi connectivity index (χ1v) is 17.9. The number of hydrogen-bond donors (Lipinski definition) is 1. The Morgan fingerprint density at radius 3 is 2.09 bits per heavy atom. The summed E-state index contributed by atoms with van der Waals surface area (Å²) in [5, 5.41) is 3.26. The number of anilines is 1. The van der Waals surface area contributed by atoms with Crippen LogP contribution >= 0.6 is 0 Å². The summed E-state index contributed by atoms with van der Waals surface area (Å²) in [6.07, 6.45) is 5.38. The maximum atomic E-state index is 14.7. The van der Waals surface area contributed by atoms with Gasteiger partial charge in [-0.1, -0.05) is 104 Å². The van der Waals surface area contributed by atoms with Gasteiger partial charge in [-0.25, -0.2) is 8.42 Å². The van der Waals surface area contributed by atoms with Crippen LogP contribution in [0.25, 0.3) is 0 Å². The number of rotatable bonds is 12. The molecular weight excluding hydrogens is 607 g/mol. The van der Waals surface area contributed by atoms with Crippen LogP contribution in [0, 0.1) is 20.8 Å². The van der Waals surface area contributed by atoms with Gasteiger partial charge in [0.25, 0.3) is 10.0 Å². The maximum absolute atomic E-state index is 14.7. The van der Waals surface area contributed by atoms with Crippen molar-refractivity contribution in [3.8, 4) is 0 Å². The van der Waals surface area contributed by atoms with Gasteiger partial charge in [-0.2, -0.15) is 0 Å². The SMILES string of the molecule is Cc1cccc(CN(C(=O)CN(c2ccc(C)c(C)c2)S(=O)(=O)c2ccccc2)[C@H](Cc2ccccc2)C(=O)NC2CCCCC2)c1. The van der Waals surface area contributed by atoms with E-state index in [1.54, 1.807) is 35.2 Å². The summed E-state index contributed by atoms with van der Waals surface area (Å²) in [7, 11) is -4.13. The molecule has 0 radical (unpaired) electrons. The molecule has 0 spiro atoms. The lowest BCUT2D eigenvalue weighted by molar-refractivity contribution is -0.140. The van der Waals surface area contributed by atoms with E-state index in [9.17, 15) is 18.0 Å². The van der Waals surface area contributed by atoms with Gasteiger partial charge >= 0.3 is 0 Å². The number of benzene rings is 4. The summed E-state index contributed by atoms with van der Waals surface area (Å²) in [5.74, 6) is -0.672. The van der Waals surface area contributed by atoms with Crippen LogP contribution in [0.3, 0.4) is 0 Å². The molecule has 0 saturated heterocycles. The molecule has 246 valence electrons. The predicted octanol–water partition coefficient (Wildman–Crippen LogP) is 6.90. The van der Waals surface area contributed by atoms with E-state index in [1.165, 1.54) is 16.4 Å². The number of carbonyl (C=O) groups is 2. The van der Waals surface area contributed by atoms with Crippen molar-refractivity contribution in [1.82, 2.24) is 10.2 Å². The Bertz CT molecular complexity index is 1770. The van der Waals surface area contributed by atoms with Gasteiger partial charge in [0.15, 0.2) is 0 Å². The molecule has 5 rings (SSSR count). The van der Waals surface area contributed by atoms with Gasteiger partial charge in [-0.15, -0.1) is 0 Å². The predicted molar refractivity (Wildman–Crippen MR) is 188 cm³/mol. The van der Waals surface area contributed by atoms with E-state index in [0.29, 0.717) is 12.1 Å². The fourth-order valence-corrected chi connectivity index (χ4v) is 7.66. The molecular formula is C39H45N3O4S. The van der Waals surface area contributed by atoms with Crippen molar-refractivity contribution < 1.29 is 18.0 Å². The molecule has 7 nitrogen and oxygen atoms in total. The van der Waals surface area contributed by atoms with Crippen LogP contribution in [-0.2, 0) is 32.6 Å². The van der Waals surface area contributed by atoms with Crippen LogP contribution in [0.5, 0.6) is 0 Å². The third-order valence-corrected chi connectivity index (χ3v) is 10.8. The zero-order valence-electron chi connectivity index (χ0n) is 27.6. The van der Waals surface area contributed by atoms with Crippen molar-refractivity contribution in [3.05, 3.63) is 131 Å². The summed E-state index contributed by atoms with van der Waals surface area (Å²) < 4.78 is 29.6. The zero-order valence-corrected chi connectivity index (χ0v) is 28.4. The third kappa shape index (κ3) is 8.69. The summed E-state index contributed by atoms with van der Waals surface area (Å²) >= 11 is 0. The molecule has 1 fully saturated rings. The Balaban J connectivity index is 1.57. The third-order valence-electron chi connectivity index (χ3n) is 9.05. The molecule has 4 aromatic carbocycles. The first kappa shape index (κ1) is 33.9. The lowest BCUT2D eigenvalue weighted by Gasteiger charge is -2.35. The van der Waals surface area contributed by atoms with Crippen LogP contribution < -0.4 is 9.62 Å². The van der Waals surface area contributed by atoms with Gasteiger partial charge < -0.3 is 10.2 Å². The van der Waals surface area contributed by atoms with E-state index in [0.717, 1.165) is 59.9 Å².